The Hall–Kier alpha value is 0.0700. The molecule has 1 rings (SSSR count). The van der Waals surface area contributed by atoms with Gasteiger partial charge in [0.1, 0.15) is 0 Å². The van der Waals surface area contributed by atoms with Crippen LogP contribution in [0.1, 0.15) is 19.8 Å². The zero-order valence-electron chi connectivity index (χ0n) is 5.41. The lowest BCUT2D eigenvalue weighted by atomic mass is 10.3. The van der Waals surface area contributed by atoms with Gasteiger partial charge in [0.25, 0.3) is 0 Å². The summed E-state index contributed by atoms with van der Waals surface area (Å²) in [5.41, 5.74) is 0. The molecule has 1 fully saturated rings. The van der Waals surface area contributed by atoms with E-state index in [0.717, 1.165) is 19.4 Å². The summed E-state index contributed by atoms with van der Waals surface area (Å²) in [5, 5.41) is 0. The maximum Gasteiger partial charge on any atom is 0.234 e. The molecule has 1 aliphatic heterocycles. The van der Waals surface area contributed by atoms with Crippen LogP contribution in [-0.4, -0.2) is 25.7 Å². The second kappa shape index (κ2) is 2.77. The first kappa shape index (κ1) is 7.18. The largest absolute Gasteiger partial charge is 0.294 e. The molecule has 0 saturated carbocycles. The molecule has 3 nitrogen and oxygen atoms in total. The van der Waals surface area contributed by atoms with Crippen molar-refractivity contribution in [3.8, 4) is 0 Å². The Labute approximate surface area is 57.5 Å². The van der Waals surface area contributed by atoms with Gasteiger partial charge in [-0.3, -0.25) is 4.55 Å². The number of nitrogens with zero attached hydrogens (tertiary/aromatic N) is 1. The van der Waals surface area contributed by atoms with Crippen LogP contribution in [0.4, 0.5) is 0 Å². The summed E-state index contributed by atoms with van der Waals surface area (Å²) >= 11 is -1.74. The molecule has 1 heterocycles. The highest BCUT2D eigenvalue weighted by molar-refractivity contribution is 7.76. The van der Waals surface area contributed by atoms with E-state index in [2.05, 4.69) is 0 Å². The van der Waals surface area contributed by atoms with Gasteiger partial charge >= 0.3 is 0 Å². The molecule has 1 aliphatic rings. The predicted octanol–water partition coefficient (Wildman–Crippen LogP) is 0.607. The van der Waals surface area contributed by atoms with Crippen molar-refractivity contribution in [2.75, 3.05) is 6.54 Å². The minimum Gasteiger partial charge on any atom is -0.294 e. The molecular formula is C5H11NO2S. The summed E-state index contributed by atoms with van der Waals surface area (Å²) in [6.07, 6.45) is 2.10. The smallest absolute Gasteiger partial charge is 0.234 e. The molecule has 54 valence electrons. The second-order valence-corrected chi connectivity index (χ2v) is 3.29. The SMILES string of the molecule is CC1CCCN1S(=O)O. The molecule has 1 N–H and O–H groups in total. The van der Waals surface area contributed by atoms with Gasteiger partial charge < -0.3 is 0 Å². The van der Waals surface area contributed by atoms with Crippen molar-refractivity contribution in [3.05, 3.63) is 0 Å². The summed E-state index contributed by atoms with van der Waals surface area (Å²) in [4.78, 5) is 0. The van der Waals surface area contributed by atoms with Crippen molar-refractivity contribution in [2.24, 2.45) is 0 Å². The minimum atomic E-state index is -1.74. The third-order valence-corrected chi connectivity index (χ3v) is 2.64. The van der Waals surface area contributed by atoms with E-state index in [1.807, 2.05) is 6.92 Å². The summed E-state index contributed by atoms with van der Waals surface area (Å²) < 4.78 is 20.7. The van der Waals surface area contributed by atoms with Crippen LogP contribution in [0.3, 0.4) is 0 Å². The van der Waals surface area contributed by atoms with Gasteiger partial charge in [-0.15, -0.1) is 0 Å². The lowest BCUT2D eigenvalue weighted by Crippen LogP contribution is -2.28. The van der Waals surface area contributed by atoms with Crippen LogP contribution in [0.2, 0.25) is 0 Å². The molecule has 0 aromatic rings. The maximum absolute atomic E-state index is 10.4. The zero-order chi connectivity index (χ0) is 6.85. The molecule has 0 aromatic carbocycles. The van der Waals surface area contributed by atoms with Gasteiger partial charge in [-0.2, -0.15) is 4.31 Å². The van der Waals surface area contributed by atoms with E-state index >= 15 is 0 Å². The quantitative estimate of drug-likeness (QED) is 0.555. The highest BCUT2D eigenvalue weighted by Crippen LogP contribution is 2.16. The fourth-order valence-corrected chi connectivity index (χ4v) is 1.84. The van der Waals surface area contributed by atoms with E-state index in [4.69, 9.17) is 4.55 Å². The van der Waals surface area contributed by atoms with E-state index in [-0.39, 0.29) is 6.04 Å². The van der Waals surface area contributed by atoms with Crippen LogP contribution in [0, 0.1) is 0 Å². The van der Waals surface area contributed by atoms with E-state index in [1.165, 1.54) is 0 Å². The minimum absolute atomic E-state index is 0.288. The summed E-state index contributed by atoms with van der Waals surface area (Å²) in [6.45, 7) is 2.74. The first-order valence-electron chi connectivity index (χ1n) is 3.09. The monoisotopic (exact) mass is 149 g/mol. The number of hydrogen-bond donors (Lipinski definition) is 1. The van der Waals surface area contributed by atoms with E-state index in [0.29, 0.717) is 0 Å². The molecule has 0 bridgehead atoms. The second-order valence-electron chi connectivity index (χ2n) is 2.36. The standard InChI is InChI=1S/C5H11NO2S/c1-5-3-2-4-6(5)9(7)8/h5H,2-4H2,1H3,(H,7,8). The molecule has 0 spiro atoms. The topological polar surface area (TPSA) is 40.5 Å². The Morgan fingerprint density at radius 3 is 2.67 bits per heavy atom. The average molecular weight is 149 g/mol. The van der Waals surface area contributed by atoms with Gasteiger partial charge in [-0.1, -0.05) is 0 Å². The lowest BCUT2D eigenvalue weighted by molar-refractivity contribution is 0.394. The van der Waals surface area contributed by atoms with Crippen molar-refractivity contribution in [3.63, 3.8) is 0 Å². The molecule has 0 amide bonds. The van der Waals surface area contributed by atoms with E-state index in [1.54, 1.807) is 4.31 Å². The predicted molar refractivity (Wildman–Crippen MR) is 36.2 cm³/mol. The first-order valence-corrected chi connectivity index (χ1v) is 4.16. The van der Waals surface area contributed by atoms with Crippen molar-refractivity contribution >= 4 is 11.3 Å². The molecule has 0 aromatic heterocycles. The number of rotatable bonds is 1. The van der Waals surface area contributed by atoms with Crippen molar-refractivity contribution in [1.29, 1.82) is 0 Å². The fourth-order valence-electron chi connectivity index (χ4n) is 1.14. The van der Waals surface area contributed by atoms with Gasteiger partial charge in [0.05, 0.1) is 0 Å². The molecule has 0 aliphatic carbocycles. The molecular weight excluding hydrogens is 138 g/mol. The van der Waals surface area contributed by atoms with Crippen LogP contribution in [-0.2, 0) is 11.3 Å². The van der Waals surface area contributed by atoms with Gasteiger partial charge in [-0.25, -0.2) is 4.21 Å². The Bertz CT molecular complexity index is 128. The zero-order valence-corrected chi connectivity index (χ0v) is 6.23. The summed E-state index contributed by atoms with van der Waals surface area (Å²) in [7, 11) is 0. The van der Waals surface area contributed by atoms with Crippen LogP contribution < -0.4 is 0 Å². The molecule has 1 saturated heterocycles. The van der Waals surface area contributed by atoms with Crippen molar-refractivity contribution < 1.29 is 8.76 Å². The third-order valence-electron chi connectivity index (χ3n) is 1.69. The highest BCUT2D eigenvalue weighted by atomic mass is 32.2. The highest BCUT2D eigenvalue weighted by Gasteiger charge is 2.23. The lowest BCUT2D eigenvalue weighted by Gasteiger charge is -2.14. The molecule has 2 atom stereocenters. The van der Waals surface area contributed by atoms with Gasteiger partial charge in [-0.05, 0) is 19.8 Å². The van der Waals surface area contributed by atoms with Crippen molar-refractivity contribution in [1.82, 2.24) is 4.31 Å². The molecule has 0 radical (unpaired) electrons. The molecule has 9 heavy (non-hydrogen) atoms. The normalized spacial score (nSPS) is 32.9. The van der Waals surface area contributed by atoms with Crippen LogP contribution in [0.5, 0.6) is 0 Å². The Balaban J connectivity index is 2.49. The first-order chi connectivity index (χ1) is 4.22. The Morgan fingerprint density at radius 2 is 2.44 bits per heavy atom. The van der Waals surface area contributed by atoms with Gasteiger partial charge in [0.2, 0.25) is 11.3 Å². The van der Waals surface area contributed by atoms with Crippen LogP contribution in [0.25, 0.3) is 0 Å². The Morgan fingerprint density at radius 1 is 1.78 bits per heavy atom. The van der Waals surface area contributed by atoms with Crippen LogP contribution in [0.15, 0.2) is 0 Å². The third kappa shape index (κ3) is 1.50. The Kier molecular flexibility index (Phi) is 2.21. The maximum atomic E-state index is 10.4. The number of hydrogen-bond acceptors (Lipinski definition) is 1. The summed E-state index contributed by atoms with van der Waals surface area (Å²) in [5.74, 6) is 0. The van der Waals surface area contributed by atoms with Crippen LogP contribution >= 0.6 is 0 Å². The van der Waals surface area contributed by atoms with E-state index < -0.39 is 11.3 Å². The van der Waals surface area contributed by atoms with Gasteiger partial charge in [0.15, 0.2) is 0 Å². The van der Waals surface area contributed by atoms with Crippen molar-refractivity contribution in [2.45, 2.75) is 25.8 Å². The molecule has 4 heteroatoms. The average Bonchev–Trinajstić information content (AvgIpc) is 2.13. The summed E-state index contributed by atoms with van der Waals surface area (Å²) in [6, 6.07) is 0.288. The molecule has 2 unspecified atom stereocenters. The van der Waals surface area contributed by atoms with Gasteiger partial charge in [0, 0.05) is 12.6 Å². The fraction of sp³-hybridized carbons (Fsp3) is 1.00. The van der Waals surface area contributed by atoms with E-state index in [9.17, 15) is 4.21 Å².